The Morgan fingerprint density at radius 2 is 1.45 bits per heavy atom. The van der Waals surface area contributed by atoms with Crippen LogP contribution < -0.4 is 0 Å². The summed E-state index contributed by atoms with van der Waals surface area (Å²) in [5.74, 6) is 0. The van der Waals surface area contributed by atoms with E-state index in [4.69, 9.17) is 74.7 Å². The van der Waals surface area contributed by atoms with E-state index in [1.54, 1.807) is 0 Å². The van der Waals surface area contributed by atoms with Crippen molar-refractivity contribution in [2.75, 3.05) is 0 Å². The highest BCUT2D eigenvalue weighted by molar-refractivity contribution is 6.69. The Balaban J connectivity index is 4.52. The predicted molar refractivity (Wildman–Crippen MR) is 50.9 cm³/mol. The molecular formula is C4H2Cl6O. The number of aliphatic hydroxyl groups excluding tert-OH is 1. The van der Waals surface area contributed by atoms with Gasteiger partial charge in [-0.25, -0.2) is 0 Å². The van der Waals surface area contributed by atoms with Crippen molar-refractivity contribution in [3.8, 4) is 0 Å². The lowest BCUT2D eigenvalue weighted by atomic mass is 10.4. The van der Waals surface area contributed by atoms with E-state index in [1.165, 1.54) is 0 Å². The molecule has 0 heterocycles. The molecule has 66 valence electrons. The molecule has 0 aliphatic carbocycles. The van der Waals surface area contributed by atoms with E-state index >= 15 is 0 Å². The summed E-state index contributed by atoms with van der Waals surface area (Å²) in [6, 6.07) is 0. The van der Waals surface area contributed by atoms with Crippen LogP contribution in [-0.2, 0) is 0 Å². The first-order chi connectivity index (χ1) is 4.76. The molecule has 0 aromatic rings. The fourth-order valence-corrected chi connectivity index (χ4v) is 1.11. The highest BCUT2D eigenvalue weighted by atomic mass is 35.6. The Labute approximate surface area is 93.8 Å². The van der Waals surface area contributed by atoms with Gasteiger partial charge in [0.2, 0.25) is 3.79 Å². The van der Waals surface area contributed by atoms with E-state index < -0.39 is 9.90 Å². The third-order valence-electron chi connectivity index (χ3n) is 0.731. The Morgan fingerprint density at radius 1 is 1.09 bits per heavy atom. The van der Waals surface area contributed by atoms with E-state index in [2.05, 4.69) is 0 Å². The summed E-state index contributed by atoms with van der Waals surface area (Å²) in [5.41, 5.74) is 0. The molecule has 0 aromatic heterocycles. The summed E-state index contributed by atoms with van der Waals surface area (Å²) in [6.45, 7) is 0. The van der Waals surface area contributed by atoms with Gasteiger partial charge in [0.15, 0.2) is 0 Å². The minimum absolute atomic E-state index is 0.298. The van der Waals surface area contributed by atoms with Crippen LogP contribution in [-0.4, -0.2) is 15.0 Å². The molecule has 0 bridgehead atoms. The third-order valence-corrected chi connectivity index (χ3v) is 2.35. The molecule has 1 nitrogen and oxygen atoms in total. The lowest BCUT2D eigenvalue weighted by molar-refractivity contribution is 0.223. The van der Waals surface area contributed by atoms with Crippen LogP contribution in [0.5, 0.6) is 0 Å². The summed E-state index contributed by atoms with van der Waals surface area (Å²) < 4.78 is -2.25. The topological polar surface area (TPSA) is 20.2 Å². The Morgan fingerprint density at radius 3 is 1.55 bits per heavy atom. The van der Waals surface area contributed by atoms with Crippen molar-refractivity contribution in [3.05, 3.63) is 9.52 Å². The molecule has 0 amide bonds. The standard InChI is InChI=1S/C4H2Cl6O/c5-1(3(6)7)2(11)4(8,9)10/h2,11H. The van der Waals surface area contributed by atoms with E-state index in [9.17, 15) is 0 Å². The van der Waals surface area contributed by atoms with E-state index in [0.29, 0.717) is 0 Å². The zero-order valence-electron chi connectivity index (χ0n) is 4.79. The molecule has 1 atom stereocenters. The van der Waals surface area contributed by atoms with Crippen LogP contribution in [0, 0.1) is 0 Å². The van der Waals surface area contributed by atoms with E-state index in [1.807, 2.05) is 0 Å². The SMILES string of the molecule is OC(C(Cl)=C(Cl)Cl)C(Cl)(Cl)Cl. The molecule has 0 aliphatic rings. The van der Waals surface area contributed by atoms with Crippen LogP contribution in [0.4, 0.5) is 0 Å². The molecule has 0 saturated heterocycles. The number of rotatable bonds is 1. The summed E-state index contributed by atoms with van der Waals surface area (Å²) in [7, 11) is 0. The van der Waals surface area contributed by atoms with Crippen molar-refractivity contribution in [2.45, 2.75) is 9.90 Å². The number of aliphatic hydroxyl groups is 1. The molecule has 11 heavy (non-hydrogen) atoms. The molecule has 1 unspecified atom stereocenters. The Kier molecular flexibility index (Phi) is 5.22. The van der Waals surface area contributed by atoms with Crippen molar-refractivity contribution in [1.29, 1.82) is 0 Å². The lowest BCUT2D eigenvalue weighted by Gasteiger charge is -2.17. The second-order valence-electron chi connectivity index (χ2n) is 1.55. The third kappa shape index (κ3) is 4.28. The second-order valence-corrected chi connectivity index (χ2v) is 5.28. The van der Waals surface area contributed by atoms with Gasteiger partial charge in [-0.05, 0) is 0 Å². The summed E-state index contributed by atoms with van der Waals surface area (Å²) >= 11 is 31.6. The molecule has 0 saturated carbocycles. The smallest absolute Gasteiger partial charge is 0.221 e. The first-order valence-corrected chi connectivity index (χ1v) is 4.49. The molecular weight excluding hydrogens is 277 g/mol. The Bertz CT molecular complexity index is 166. The molecule has 0 aliphatic heterocycles. The molecule has 0 fully saturated rings. The normalized spacial score (nSPS) is 14.5. The molecule has 0 radical (unpaired) electrons. The van der Waals surface area contributed by atoms with Crippen LogP contribution in [0.15, 0.2) is 9.52 Å². The van der Waals surface area contributed by atoms with Gasteiger partial charge >= 0.3 is 0 Å². The van der Waals surface area contributed by atoms with Gasteiger partial charge in [-0.2, -0.15) is 0 Å². The fraction of sp³-hybridized carbons (Fsp3) is 0.500. The highest BCUT2D eigenvalue weighted by Crippen LogP contribution is 2.37. The van der Waals surface area contributed by atoms with Crippen LogP contribution >= 0.6 is 69.6 Å². The van der Waals surface area contributed by atoms with Crippen LogP contribution in [0.25, 0.3) is 0 Å². The summed E-state index contributed by atoms with van der Waals surface area (Å²) in [5, 5.41) is 8.77. The predicted octanol–water partition coefficient (Wildman–Crippen LogP) is 3.60. The van der Waals surface area contributed by atoms with Crippen molar-refractivity contribution in [3.63, 3.8) is 0 Å². The van der Waals surface area contributed by atoms with Gasteiger partial charge in [-0.3, -0.25) is 0 Å². The average molecular weight is 279 g/mol. The number of halogens is 6. The Hall–Kier alpha value is 1.44. The summed E-state index contributed by atoms with van der Waals surface area (Å²) in [4.78, 5) is 0. The van der Waals surface area contributed by atoms with Crippen molar-refractivity contribution in [1.82, 2.24) is 0 Å². The first-order valence-electron chi connectivity index (χ1n) is 2.22. The number of hydrogen-bond acceptors (Lipinski definition) is 1. The van der Waals surface area contributed by atoms with Gasteiger partial charge < -0.3 is 5.11 Å². The van der Waals surface area contributed by atoms with Crippen LogP contribution in [0.3, 0.4) is 0 Å². The number of alkyl halides is 3. The largest absolute Gasteiger partial charge is 0.383 e. The van der Waals surface area contributed by atoms with Crippen LogP contribution in [0.1, 0.15) is 0 Å². The summed E-state index contributed by atoms with van der Waals surface area (Å²) in [6.07, 6.45) is -1.51. The highest BCUT2D eigenvalue weighted by Gasteiger charge is 2.34. The van der Waals surface area contributed by atoms with Crippen LogP contribution in [0.2, 0.25) is 0 Å². The van der Waals surface area contributed by atoms with Gasteiger partial charge in [-0.15, -0.1) is 0 Å². The average Bonchev–Trinajstić information content (AvgIpc) is 1.82. The zero-order valence-corrected chi connectivity index (χ0v) is 9.33. The monoisotopic (exact) mass is 276 g/mol. The lowest BCUT2D eigenvalue weighted by Crippen LogP contribution is -2.25. The second kappa shape index (κ2) is 4.61. The maximum atomic E-state index is 9.07. The molecule has 1 N–H and O–H groups in total. The maximum absolute atomic E-state index is 9.07. The molecule has 0 rings (SSSR count). The fourth-order valence-electron chi connectivity index (χ4n) is 0.247. The van der Waals surface area contributed by atoms with Crippen molar-refractivity contribution in [2.24, 2.45) is 0 Å². The number of hydrogen-bond donors (Lipinski definition) is 1. The zero-order chi connectivity index (χ0) is 9.23. The van der Waals surface area contributed by atoms with Gasteiger partial charge in [0.05, 0.1) is 5.03 Å². The van der Waals surface area contributed by atoms with Crippen molar-refractivity contribution < 1.29 is 5.11 Å². The van der Waals surface area contributed by atoms with E-state index in [-0.39, 0.29) is 9.52 Å². The van der Waals surface area contributed by atoms with Crippen molar-refractivity contribution >= 4 is 69.6 Å². The molecule has 0 spiro atoms. The van der Waals surface area contributed by atoms with Gasteiger partial charge in [-0.1, -0.05) is 69.6 Å². The quantitative estimate of drug-likeness (QED) is 0.727. The minimum atomic E-state index is -1.92. The minimum Gasteiger partial charge on any atom is -0.383 e. The van der Waals surface area contributed by atoms with Gasteiger partial charge in [0, 0.05) is 0 Å². The first kappa shape index (κ1) is 12.4. The van der Waals surface area contributed by atoms with Gasteiger partial charge in [0.25, 0.3) is 0 Å². The van der Waals surface area contributed by atoms with E-state index in [0.717, 1.165) is 0 Å². The molecule has 0 aromatic carbocycles. The maximum Gasteiger partial charge on any atom is 0.221 e. The van der Waals surface area contributed by atoms with Gasteiger partial charge in [0.1, 0.15) is 10.6 Å². The molecule has 7 heteroatoms.